The lowest BCUT2D eigenvalue weighted by molar-refractivity contribution is 0.122. The molecule has 0 amide bonds. The molecule has 1 fully saturated rings. The molecule has 2 heterocycles. The molecule has 1 N–H and O–H groups in total. The molecule has 1 aromatic heterocycles. The van der Waals surface area contributed by atoms with Crippen molar-refractivity contribution in [2.45, 2.75) is 0 Å². The van der Waals surface area contributed by atoms with Crippen LogP contribution in [0.15, 0.2) is 42.6 Å². The molecule has 0 bridgehead atoms. The Balaban J connectivity index is 1.91. The molecule has 98 valence electrons. The number of nitrogens with zero attached hydrogens (tertiary/aromatic N) is 2. The number of rotatable bonds is 2. The molecule has 0 aliphatic carbocycles. The van der Waals surface area contributed by atoms with Crippen LogP contribution in [0.25, 0.3) is 11.3 Å². The first kappa shape index (κ1) is 12.0. The zero-order chi connectivity index (χ0) is 13.1. The summed E-state index contributed by atoms with van der Waals surface area (Å²) in [5.74, 6) is 0.260. The van der Waals surface area contributed by atoms with Crippen LogP contribution in [0.1, 0.15) is 0 Å². The predicted molar refractivity (Wildman–Crippen MR) is 74.4 cm³/mol. The van der Waals surface area contributed by atoms with Gasteiger partial charge in [0.05, 0.1) is 18.9 Å². The molecule has 0 saturated carbocycles. The van der Waals surface area contributed by atoms with Crippen LogP contribution in [0, 0.1) is 0 Å². The fourth-order valence-electron chi connectivity index (χ4n) is 2.26. The largest absolute Gasteiger partial charge is 0.508 e. The summed E-state index contributed by atoms with van der Waals surface area (Å²) < 4.78 is 5.36. The Labute approximate surface area is 112 Å². The minimum Gasteiger partial charge on any atom is -0.508 e. The van der Waals surface area contributed by atoms with E-state index in [1.165, 1.54) is 0 Å². The van der Waals surface area contributed by atoms with Crippen LogP contribution in [0.3, 0.4) is 0 Å². The molecule has 4 heteroatoms. The van der Waals surface area contributed by atoms with Gasteiger partial charge < -0.3 is 14.7 Å². The van der Waals surface area contributed by atoms with E-state index >= 15 is 0 Å². The van der Waals surface area contributed by atoms with Crippen molar-refractivity contribution in [3.05, 3.63) is 42.6 Å². The Morgan fingerprint density at radius 3 is 2.74 bits per heavy atom. The SMILES string of the molecule is Oc1cccc(-c2cc(N3CCOCC3)ccn2)c1. The molecular weight excluding hydrogens is 240 g/mol. The average molecular weight is 256 g/mol. The van der Waals surface area contributed by atoms with E-state index in [4.69, 9.17) is 4.74 Å². The first-order valence-corrected chi connectivity index (χ1v) is 6.41. The predicted octanol–water partition coefficient (Wildman–Crippen LogP) is 2.29. The van der Waals surface area contributed by atoms with Crippen molar-refractivity contribution >= 4 is 5.69 Å². The minimum absolute atomic E-state index is 0.260. The van der Waals surface area contributed by atoms with Crippen LogP contribution < -0.4 is 4.90 Å². The van der Waals surface area contributed by atoms with Gasteiger partial charge in [0.1, 0.15) is 5.75 Å². The van der Waals surface area contributed by atoms with E-state index in [9.17, 15) is 5.11 Å². The molecular formula is C15H16N2O2. The molecule has 1 aliphatic rings. The van der Waals surface area contributed by atoms with Crippen LogP contribution in [0.5, 0.6) is 5.75 Å². The second-order valence-electron chi connectivity index (χ2n) is 4.55. The highest BCUT2D eigenvalue weighted by Gasteiger charge is 2.12. The summed E-state index contributed by atoms with van der Waals surface area (Å²) in [6.07, 6.45) is 1.81. The third-order valence-electron chi connectivity index (χ3n) is 3.26. The van der Waals surface area contributed by atoms with Crippen molar-refractivity contribution in [2.75, 3.05) is 31.2 Å². The van der Waals surface area contributed by atoms with E-state index in [1.54, 1.807) is 12.1 Å². The van der Waals surface area contributed by atoms with E-state index in [2.05, 4.69) is 16.0 Å². The normalized spacial score (nSPS) is 15.5. The summed E-state index contributed by atoms with van der Waals surface area (Å²) in [5.41, 5.74) is 2.95. The number of hydrogen-bond acceptors (Lipinski definition) is 4. The number of anilines is 1. The molecule has 1 aromatic carbocycles. The van der Waals surface area contributed by atoms with Gasteiger partial charge in [0.2, 0.25) is 0 Å². The second-order valence-corrected chi connectivity index (χ2v) is 4.55. The topological polar surface area (TPSA) is 45.6 Å². The Bertz CT molecular complexity index is 566. The highest BCUT2D eigenvalue weighted by atomic mass is 16.5. The van der Waals surface area contributed by atoms with Gasteiger partial charge in [-0.3, -0.25) is 4.98 Å². The third kappa shape index (κ3) is 2.69. The molecule has 0 radical (unpaired) electrons. The van der Waals surface area contributed by atoms with Crippen molar-refractivity contribution in [1.29, 1.82) is 0 Å². The molecule has 4 nitrogen and oxygen atoms in total. The number of morpholine rings is 1. The van der Waals surface area contributed by atoms with Crippen molar-refractivity contribution in [2.24, 2.45) is 0 Å². The standard InChI is InChI=1S/C15H16N2O2/c18-14-3-1-2-12(10-14)15-11-13(4-5-16-15)17-6-8-19-9-7-17/h1-5,10-11,18H,6-9H2. The number of phenols is 1. The minimum atomic E-state index is 0.260. The van der Waals surface area contributed by atoms with Crippen molar-refractivity contribution < 1.29 is 9.84 Å². The van der Waals surface area contributed by atoms with Gasteiger partial charge in [-0.25, -0.2) is 0 Å². The third-order valence-corrected chi connectivity index (χ3v) is 3.26. The van der Waals surface area contributed by atoms with Crippen LogP contribution >= 0.6 is 0 Å². The molecule has 1 saturated heterocycles. The molecule has 0 unspecified atom stereocenters. The highest BCUT2D eigenvalue weighted by Crippen LogP contribution is 2.25. The van der Waals surface area contributed by atoms with Crippen molar-refractivity contribution in [1.82, 2.24) is 4.98 Å². The Morgan fingerprint density at radius 2 is 1.95 bits per heavy atom. The number of benzene rings is 1. The quantitative estimate of drug-likeness (QED) is 0.895. The summed E-state index contributed by atoms with van der Waals surface area (Å²) >= 11 is 0. The lowest BCUT2D eigenvalue weighted by Crippen LogP contribution is -2.36. The molecule has 2 aromatic rings. The fourth-order valence-corrected chi connectivity index (χ4v) is 2.26. The number of ether oxygens (including phenoxy) is 1. The van der Waals surface area contributed by atoms with Crippen molar-refractivity contribution in [3.63, 3.8) is 0 Å². The van der Waals surface area contributed by atoms with Gasteiger partial charge in [0.15, 0.2) is 0 Å². The molecule has 3 rings (SSSR count). The van der Waals surface area contributed by atoms with E-state index < -0.39 is 0 Å². The van der Waals surface area contributed by atoms with Crippen LogP contribution in [0.4, 0.5) is 5.69 Å². The first-order valence-electron chi connectivity index (χ1n) is 6.41. The highest BCUT2D eigenvalue weighted by molar-refractivity contribution is 5.65. The van der Waals surface area contributed by atoms with Crippen LogP contribution in [-0.2, 0) is 4.74 Å². The van der Waals surface area contributed by atoms with Gasteiger partial charge in [0.25, 0.3) is 0 Å². The van der Waals surface area contributed by atoms with E-state index in [0.717, 1.165) is 43.2 Å². The Hall–Kier alpha value is -2.07. The first-order chi connectivity index (χ1) is 9.33. The van der Waals surface area contributed by atoms with E-state index in [-0.39, 0.29) is 5.75 Å². The van der Waals surface area contributed by atoms with Crippen LogP contribution in [-0.4, -0.2) is 36.4 Å². The Morgan fingerprint density at radius 1 is 1.11 bits per heavy atom. The lowest BCUT2D eigenvalue weighted by atomic mass is 10.1. The summed E-state index contributed by atoms with van der Waals surface area (Å²) in [6.45, 7) is 3.35. The summed E-state index contributed by atoms with van der Waals surface area (Å²) in [6, 6.07) is 11.2. The van der Waals surface area contributed by atoms with Crippen molar-refractivity contribution in [3.8, 4) is 17.0 Å². The summed E-state index contributed by atoms with van der Waals surface area (Å²) in [7, 11) is 0. The summed E-state index contributed by atoms with van der Waals surface area (Å²) in [4.78, 5) is 6.67. The van der Waals surface area contributed by atoms with E-state index in [0.29, 0.717) is 0 Å². The number of pyridine rings is 1. The number of aromatic nitrogens is 1. The molecule has 0 spiro atoms. The average Bonchev–Trinajstić information content (AvgIpc) is 2.48. The second kappa shape index (κ2) is 5.28. The monoisotopic (exact) mass is 256 g/mol. The zero-order valence-electron chi connectivity index (χ0n) is 10.6. The van der Waals surface area contributed by atoms with Gasteiger partial charge >= 0.3 is 0 Å². The van der Waals surface area contributed by atoms with Gasteiger partial charge in [-0.1, -0.05) is 12.1 Å². The zero-order valence-corrected chi connectivity index (χ0v) is 10.6. The number of phenolic OH excluding ortho intramolecular Hbond substituents is 1. The van der Waals surface area contributed by atoms with Gasteiger partial charge in [-0.2, -0.15) is 0 Å². The van der Waals surface area contributed by atoms with Gasteiger partial charge in [0, 0.05) is 30.5 Å². The number of hydrogen-bond donors (Lipinski definition) is 1. The lowest BCUT2D eigenvalue weighted by Gasteiger charge is -2.29. The molecule has 1 aliphatic heterocycles. The van der Waals surface area contributed by atoms with Crippen LogP contribution in [0.2, 0.25) is 0 Å². The van der Waals surface area contributed by atoms with Gasteiger partial charge in [-0.05, 0) is 24.3 Å². The smallest absolute Gasteiger partial charge is 0.116 e. The molecule has 19 heavy (non-hydrogen) atoms. The Kier molecular flexibility index (Phi) is 3.33. The maximum absolute atomic E-state index is 9.54. The van der Waals surface area contributed by atoms with Gasteiger partial charge in [-0.15, -0.1) is 0 Å². The number of aromatic hydroxyl groups is 1. The summed E-state index contributed by atoms with van der Waals surface area (Å²) in [5, 5.41) is 9.54. The maximum Gasteiger partial charge on any atom is 0.116 e. The molecule has 0 atom stereocenters. The fraction of sp³-hybridized carbons (Fsp3) is 0.267. The maximum atomic E-state index is 9.54. The van der Waals surface area contributed by atoms with E-state index in [1.807, 2.05) is 24.4 Å².